The molecule has 1 aromatic heterocycles. The third-order valence-corrected chi connectivity index (χ3v) is 6.57. The molecule has 1 heterocycles. The number of hydrogen-bond donors (Lipinski definition) is 1. The minimum Gasteiger partial charge on any atom is -0.489 e. The third kappa shape index (κ3) is 5.90. The SMILES string of the molecule is Cc1cc(C(Cc2ccc(-c3ccc(Cl)cc3C)cc2)C(N)=O)ccc1OCc1cccnc1C. The molecule has 0 aliphatic heterocycles. The van der Waals surface area contributed by atoms with E-state index in [-0.39, 0.29) is 5.91 Å². The lowest BCUT2D eigenvalue weighted by atomic mass is 9.89. The molecule has 3 aromatic carbocycles. The molecule has 2 N–H and O–H groups in total. The maximum Gasteiger partial charge on any atom is 0.225 e. The molecule has 0 spiro atoms. The Labute approximate surface area is 211 Å². The van der Waals surface area contributed by atoms with Crippen LogP contribution in [0.3, 0.4) is 0 Å². The van der Waals surface area contributed by atoms with Gasteiger partial charge in [-0.1, -0.05) is 60.1 Å². The van der Waals surface area contributed by atoms with Gasteiger partial charge < -0.3 is 10.5 Å². The number of nitrogens with two attached hydrogens (primary N) is 1. The fraction of sp³-hybridized carbons (Fsp3) is 0.200. The fourth-order valence-electron chi connectivity index (χ4n) is 4.27. The van der Waals surface area contributed by atoms with E-state index in [1.54, 1.807) is 6.20 Å². The highest BCUT2D eigenvalue weighted by Crippen LogP contribution is 2.29. The van der Waals surface area contributed by atoms with Crippen molar-refractivity contribution in [2.24, 2.45) is 5.73 Å². The first-order valence-electron chi connectivity index (χ1n) is 11.6. The number of halogens is 1. The maximum absolute atomic E-state index is 12.4. The molecule has 0 saturated carbocycles. The van der Waals surface area contributed by atoms with Crippen molar-refractivity contribution in [1.82, 2.24) is 4.98 Å². The van der Waals surface area contributed by atoms with E-state index < -0.39 is 5.92 Å². The summed E-state index contributed by atoms with van der Waals surface area (Å²) in [4.78, 5) is 16.7. The molecule has 0 radical (unpaired) electrons. The molecule has 4 rings (SSSR count). The Morgan fingerprint density at radius 3 is 2.40 bits per heavy atom. The highest BCUT2D eigenvalue weighted by atomic mass is 35.5. The lowest BCUT2D eigenvalue weighted by Crippen LogP contribution is -2.23. The topological polar surface area (TPSA) is 65.2 Å². The molecule has 0 aliphatic rings. The van der Waals surface area contributed by atoms with Crippen LogP contribution in [0.2, 0.25) is 5.02 Å². The van der Waals surface area contributed by atoms with Crippen molar-refractivity contribution in [3.8, 4) is 16.9 Å². The van der Waals surface area contributed by atoms with Gasteiger partial charge in [-0.25, -0.2) is 0 Å². The normalized spacial score (nSPS) is 11.8. The van der Waals surface area contributed by atoms with Gasteiger partial charge in [-0.2, -0.15) is 0 Å². The smallest absolute Gasteiger partial charge is 0.225 e. The van der Waals surface area contributed by atoms with Gasteiger partial charge in [0.15, 0.2) is 0 Å². The van der Waals surface area contributed by atoms with Gasteiger partial charge in [0.25, 0.3) is 0 Å². The van der Waals surface area contributed by atoms with Crippen LogP contribution in [0.4, 0.5) is 0 Å². The van der Waals surface area contributed by atoms with Crippen molar-refractivity contribution in [3.05, 3.63) is 118 Å². The molecule has 0 saturated heterocycles. The number of carbonyl (C=O) groups is 1. The van der Waals surface area contributed by atoms with Gasteiger partial charge in [0.05, 0.1) is 5.92 Å². The second-order valence-electron chi connectivity index (χ2n) is 8.88. The first-order valence-corrected chi connectivity index (χ1v) is 12.0. The largest absolute Gasteiger partial charge is 0.489 e. The molecule has 1 amide bonds. The van der Waals surface area contributed by atoms with E-state index >= 15 is 0 Å². The zero-order valence-electron chi connectivity index (χ0n) is 20.2. The van der Waals surface area contributed by atoms with E-state index in [9.17, 15) is 4.79 Å². The van der Waals surface area contributed by atoms with Crippen LogP contribution in [0.5, 0.6) is 5.75 Å². The minimum absolute atomic E-state index is 0.346. The molecule has 1 atom stereocenters. The monoisotopic (exact) mass is 484 g/mol. The first-order chi connectivity index (χ1) is 16.8. The predicted octanol–water partition coefficient (Wildman–Crippen LogP) is 6.72. The Morgan fingerprint density at radius 1 is 0.971 bits per heavy atom. The summed E-state index contributed by atoms with van der Waals surface area (Å²) >= 11 is 6.09. The van der Waals surface area contributed by atoms with E-state index in [0.29, 0.717) is 13.0 Å². The van der Waals surface area contributed by atoms with Gasteiger partial charge in [-0.05, 0) is 84.8 Å². The first kappa shape index (κ1) is 24.5. The van der Waals surface area contributed by atoms with Crippen LogP contribution in [0.25, 0.3) is 11.1 Å². The molecule has 4 aromatic rings. The van der Waals surface area contributed by atoms with Gasteiger partial charge in [0.2, 0.25) is 5.91 Å². The van der Waals surface area contributed by atoms with Crippen LogP contribution in [0.15, 0.2) is 79.0 Å². The summed E-state index contributed by atoms with van der Waals surface area (Å²) in [5.74, 6) is 0.0102. The number of aromatic nitrogens is 1. The van der Waals surface area contributed by atoms with E-state index in [2.05, 4.69) is 29.2 Å². The maximum atomic E-state index is 12.4. The molecular formula is C30H29ClN2O2. The van der Waals surface area contributed by atoms with Gasteiger partial charge in [-0.15, -0.1) is 0 Å². The minimum atomic E-state index is -0.425. The summed E-state index contributed by atoms with van der Waals surface area (Å²) in [7, 11) is 0. The van der Waals surface area contributed by atoms with E-state index in [1.165, 1.54) is 0 Å². The molecule has 1 unspecified atom stereocenters. The number of benzene rings is 3. The van der Waals surface area contributed by atoms with Crippen LogP contribution in [-0.2, 0) is 17.8 Å². The summed E-state index contributed by atoms with van der Waals surface area (Å²) in [6, 6.07) is 23.9. The predicted molar refractivity (Wildman–Crippen MR) is 142 cm³/mol. The number of nitrogens with zero attached hydrogens (tertiary/aromatic N) is 1. The van der Waals surface area contributed by atoms with Crippen molar-refractivity contribution >= 4 is 17.5 Å². The van der Waals surface area contributed by atoms with E-state index in [1.807, 2.05) is 69.3 Å². The van der Waals surface area contributed by atoms with Crippen LogP contribution >= 0.6 is 11.6 Å². The number of amides is 1. The van der Waals surface area contributed by atoms with Crippen molar-refractivity contribution in [3.63, 3.8) is 0 Å². The zero-order chi connectivity index (χ0) is 24.9. The van der Waals surface area contributed by atoms with E-state index in [0.717, 1.165) is 55.4 Å². The lowest BCUT2D eigenvalue weighted by Gasteiger charge is -2.17. The summed E-state index contributed by atoms with van der Waals surface area (Å²) in [6.07, 6.45) is 2.30. The van der Waals surface area contributed by atoms with Crippen LogP contribution in [0.1, 0.15) is 39.4 Å². The van der Waals surface area contributed by atoms with Gasteiger partial charge in [0.1, 0.15) is 12.4 Å². The Morgan fingerprint density at radius 2 is 1.74 bits per heavy atom. The Kier molecular flexibility index (Phi) is 7.52. The van der Waals surface area contributed by atoms with Crippen LogP contribution < -0.4 is 10.5 Å². The van der Waals surface area contributed by atoms with Crippen molar-refractivity contribution in [2.75, 3.05) is 0 Å². The summed E-state index contributed by atoms with van der Waals surface area (Å²) in [5.41, 5.74) is 14.1. The number of rotatable bonds is 8. The zero-order valence-corrected chi connectivity index (χ0v) is 21.0. The number of aryl methyl sites for hydroxylation is 3. The molecule has 0 bridgehead atoms. The molecule has 0 aliphatic carbocycles. The van der Waals surface area contributed by atoms with Gasteiger partial charge in [0, 0.05) is 22.5 Å². The second kappa shape index (κ2) is 10.7. The van der Waals surface area contributed by atoms with Crippen molar-refractivity contribution in [1.29, 1.82) is 0 Å². The molecule has 5 heteroatoms. The van der Waals surface area contributed by atoms with Crippen LogP contribution in [-0.4, -0.2) is 10.9 Å². The van der Waals surface area contributed by atoms with Gasteiger partial charge >= 0.3 is 0 Å². The standard InChI is InChI=1S/C30H29ClN2O2/c1-19-16-26(31)11-12-27(19)23-8-6-22(7-9-23)17-28(30(32)34)24-10-13-29(20(2)15-24)35-18-25-5-4-14-33-21(25)3/h4-16,28H,17-18H2,1-3H3,(H2,32,34). The summed E-state index contributed by atoms with van der Waals surface area (Å²) < 4.78 is 6.02. The average molecular weight is 485 g/mol. The van der Waals surface area contributed by atoms with Gasteiger partial charge in [-0.3, -0.25) is 9.78 Å². The molecular weight excluding hydrogens is 456 g/mol. The molecule has 4 nitrogen and oxygen atoms in total. The molecule has 0 fully saturated rings. The number of carbonyl (C=O) groups excluding carboxylic acids is 1. The molecule has 178 valence electrons. The quantitative estimate of drug-likeness (QED) is 0.302. The number of ether oxygens (including phenoxy) is 1. The summed E-state index contributed by atoms with van der Waals surface area (Å²) in [5, 5.41) is 0.728. The van der Waals surface area contributed by atoms with E-state index in [4.69, 9.17) is 22.1 Å². The average Bonchev–Trinajstić information content (AvgIpc) is 2.83. The van der Waals surface area contributed by atoms with Crippen LogP contribution in [0, 0.1) is 20.8 Å². The number of primary amides is 1. The fourth-order valence-corrected chi connectivity index (χ4v) is 4.49. The number of hydrogen-bond acceptors (Lipinski definition) is 3. The Balaban J connectivity index is 1.49. The lowest BCUT2D eigenvalue weighted by molar-refractivity contribution is -0.119. The van der Waals surface area contributed by atoms with Crippen molar-refractivity contribution in [2.45, 2.75) is 39.7 Å². The number of pyridine rings is 1. The third-order valence-electron chi connectivity index (χ3n) is 6.34. The Bertz CT molecular complexity index is 1350. The second-order valence-corrected chi connectivity index (χ2v) is 9.31. The molecule has 35 heavy (non-hydrogen) atoms. The summed E-state index contributed by atoms with van der Waals surface area (Å²) in [6.45, 7) is 6.44. The highest BCUT2D eigenvalue weighted by Gasteiger charge is 2.20. The van der Waals surface area contributed by atoms with Crippen molar-refractivity contribution < 1.29 is 9.53 Å². The highest BCUT2D eigenvalue weighted by molar-refractivity contribution is 6.30. The Hall–Kier alpha value is -3.63.